The average Bonchev–Trinajstić information content (AvgIpc) is 2.93. The van der Waals surface area contributed by atoms with E-state index < -0.39 is 5.95 Å². The summed E-state index contributed by atoms with van der Waals surface area (Å²) in [7, 11) is 0. The van der Waals surface area contributed by atoms with Crippen LogP contribution in [0.25, 0.3) is 5.70 Å². The molecule has 0 radical (unpaired) electrons. The first-order valence-corrected chi connectivity index (χ1v) is 6.07. The molecule has 0 amide bonds. The Morgan fingerprint density at radius 1 is 1.28 bits per heavy atom. The molecule has 0 aromatic carbocycles. The van der Waals surface area contributed by atoms with Gasteiger partial charge in [-0.3, -0.25) is 0 Å². The second kappa shape index (κ2) is 4.64. The fraction of sp³-hybridized carbons (Fsp3) is 0.214. The Bertz CT molecular complexity index is 543. The van der Waals surface area contributed by atoms with Crippen LogP contribution in [0.5, 0.6) is 0 Å². The van der Waals surface area contributed by atoms with Gasteiger partial charge in [-0.15, -0.1) is 0 Å². The van der Waals surface area contributed by atoms with Crippen molar-refractivity contribution in [3.05, 3.63) is 54.2 Å². The minimum atomic E-state index is -0.443. The van der Waals surface area contributed by atoms with E-state index in [2.05, 4.69) is 20.9 Å². The van der Waals surface area contributed by atoms with Gasteiger partial charge in [-0.25, -0.2) is 4.98 Å². The van der Waals surface area contributed by atoms with Crippen molar-refractivity contribution in [3.63, 3.8) is 0 Å². The molecule has 0 bridgehead atoms. The quantitative estimate of drug-likeness (QED) is 0.821. The molecule has 1 aliphatic heterocycles. The largest absolute Gasteiger partial charge is 0.348 e. The molecule has 0 fully saturated rings. The van der Waals surface area contributed by atoms with Gasteiger partial charge in [0.2, 0.25) is 5.95 Å². The molecule has 2 aromatic rings. The lowest BCUT2D eigenvalue weighted by Gasteiger charge is -2.29. The van der Waals surface area contributed by atoms with Crippen LogP contribution in [0.15, 0.2) is 42.7 Å². The number of halogens is 1. The number of nitrogens with one attached hydrogen (secondary N) is 1. The molecule has 0 spiro atoms. The molecule has 1 N–H and O–H groups in total. The zero-order chi connectivity index (χ0) is 12.4. The molecule has 0 saturated heterocycles. The first-order chi connectivity index (χ1) is 8.84. The van der Waals surface area contributed by atoms with Gasteiger partial charge in [0.1, 0.15) is 5.82 Å². The van der Waals surface area contributed by atoms with Gasteiger partial charge in [0.05, 0.1) is 0 Å². The van der Waals surface area contributed by atoms with E-state index in [1.54, 1.807) is 12.3 Å². The van der Waals surface area contributed by atoms with E-state index in [1.807, 2.05) is 18.3 Å². The monoisotopic (exact) mass is 243 g/mol. The SMILES string of the molecule is Fc1ccc(C2=CCCCN2c2ccc[nH]2)cn1. The normalized spacial score (nSPS) is 15.6. The highest BCUT2D eigenvalue weighted by Crippen LogP contribution is 2.28. The maximum absolute atomic E-state index is 12.9. The Hall–Kier alpha value is -2.10. The number of hydrogen-bond acceptors (Lipinski definition) is 2. The van der Waals surface area contributed by atoms with Crippen molar-refractivity contribution < 1.29 is 4.39 Å². The Labute approximate surface area is 105 Å². The maximum Gasteiger partial charge on any atom is 0.212 e. The standard InChI is InChI=1S/C14H14FN3/c15-13-7-6-11(10-17-13)12-4-1-2-9-18(12)14-5-3-8-16-14/h3-8,10,16H,1-2,9H2. The molecule has 0 saturated carbocycles. The second-order valence-electron chi connectivity index (χ2n) is 4.31. The third-order valence-corrected chi connectivity index (χ3v) is 3.11. The highest BCUT2D eigenvalue weighted by atomic mass is 19.1. The number of aromatic amines is 1. The molecule has 0 aliphatic carbocycles. The van der Waals surface area contributed by atoms with E-state index in [-0.39, 0.29) is 0 Å². The summed E-state index contributed by atoms with van der Waals surface area (Å²) in [5, 5.41) is 0. The number of allylic oxidation sites excluding steroid dienone is 1. The van der Waals surface area contributed by atoms with Crippen molar-refractivity contribution in [1.29, 1.82) is 0 Å². The number of rotatable bonds is 2. The van der Waals surface area contributed by atoms with Crippen LogP contribution in [0.3, 0.4) is 0 Å². The van der Waals surface area contributed by atoms with Gasteiger partial charge in [0.25, 0.3) is 0 Å². The number of anilines is 1. The summed E-state index contributed by atoms with van der Waals surface area (Å²) >= 11 is 0. The van der Waals surface area contributed by atoms with E-state index in [0.29, 0.717) is 0 Å². The lowest BCUT2D eigenvalue weighted by molar-refractivity contribution is 0.583. The summed E-state index contributed by atoms with van der Waals surface area (Å²) in [6.07, 6.45) is 7.84. The predicted octanol–water partition coefficient (Wildman–Crippen LogP) is 3.19. The van der Waals surface area contributed by atoms with E-state index in [4.69, 9.17) is 0 Å². The molecular formula is C14H14FN3. The van der Waals surface area contributed by atoms with Crippen LogP contribution >= 0.6 is 0 Å². The second-order valence-corrected chi connectivity index (χ2v) is 4.31. The lowest BCUT2D eigenvalue weighted by atomic mass is 10.1. The smallest absolute Gasteiger partial charge is 0.212 e. The minimum absolute atomic E-state index is 0.443. The summed E-state index contributed by atoms with van der Waals surface area (Å²) in [4.78, 5) is 9.14. The molecule has 3 rings (SSSR count). The molecule has 0 unspecified atom stereocenters. The van der Waals surface area contributed by atoms with Crippen molar-refractivity contribution in [2.24, 2.45) is 0 Å². The van der Waals surface area contributed by atoms with Gasteiger partial charge in [-0.05, 0) is 37.1 Å². The van der Waals surface area contributed by atoms with E-state index in [1.165, 1.54) is 6.07 Å². The number of aromatic nitrogens is 2. The van der Waals surface area contributed by atoms with Gasteiger partial charge in [-0.2, -0.15) is 4.39 Å². The van der Waals surface area contributed by atoms with Crippen LogP contribution in [0.2, 0.25) is 0 Å². The molecule has 3 heterocycles. The first kappa shape index (κ1) is 11.0. The maximum atomic E-state index is 12.9. The van der Waals surface area contributed by atoms with Crippen molar-refractivity contribution in [1.82, 2.24) is 9.97 Å². The Morgan fingerprint density at radius 2 is 2.22 bits per heavy atom. The first-order valence-electron chi connectivity index (χ1n) is 6.07. The summed E-state index contributed by atoms with van der Waals surface area (Å²) in [5.74, 6) is 0.617. The molecule has 2 aromatic heterocycles. The van der Waals surface area contributed by atoms with Gasteiger partial charge < -0.3 is 9.88 Å². The van der Waals surface area contributed by atoms with Crippen molar-refractivity contribution in [2.45, 2.75) is 12.8 Å². The summed E-state index contributed by atoms with van der Waals surface area (Å²) in [5.41, 5.74) is 2.04. The third kappa shape index (κ3) is 2.01. The molecule has 18 heavy (non-hydrogen) atoms. The van der Waals surface area contributed by atoms with Crippen LogP contribution in [0.1, 0.15) is 18.4 Å². The zero-order valence-corrected chi connectivity index (χ0v) is 9.94. The van der Waals surface area contributed by atoms with Crippen molar-refractivity contribution >= 4 is 11.5 Å². The Balaban J connectivity index is 1.97. The fourth-order valence-corrected chi connectivity index (χ4v) is 2.26. The van der Waals surface area contributed by atoms with Crippen LogP contribution in [0.4, 0.5) is 10.2 Å². The molecule has 4 heteroatoms. The van der Waals surface area contributed by atoms with Gasteiger partial charge in [-0.1, -0.05) is 6.08 Å². The van der Waals surface area contributed by atoms with Gasteiger partial charge in [0.15, 0.2) is 0 Å². The average molecular weight is 243 g/mol. The van der Waals surface area contributed by atoms with Crippen LogP contribution in [-0.2, 0) is 0 Å². The summed E-state index contributed by atoms with van der Waals surface area (Å²) < 4.78 is 12.9. The molecular weight excluding hydrogens is 229 g/mol. The van der Waals surface area contributed by atoms with Gasteiger partial charge >= 0.3 is 0 Å². The number of pyridine rings is 1. The van der Waals surface area contributed by atoms with E-state index >= 15 is 0 Å². The summed E-state index contributed by atoms with van der Waals surface area (Å²) in [6, 6.07) is 7.19. The molecule has 3 nitrogen and oxygen atoms in total. The summed E-state index contributed by atoms with van der Waals surface area (Å²) in [6.45, 7) is 0.962. The minimum Gasteiger partial charge on any atom is -0.348 e. The van der Waals surface area contributed by atoms with Gasteiger partial charge in [0, 0.05) is 30.2 Å². The van der Waals surface area contributed by atoms with Crippen molar-refractivity contribution in [3.8, 4) is 0 Å². The van der Waals surface area contributed by atoms with Crippen LogP contribution < -0.4 is 4.90 Å². The number of H-pyrrole nitrogens is 1. The molecule has 1 aliphatic rings. The van der Waals surface area contributed by atoms with Crippen molar-refractivity contribution in [2.75, 3.05) is 11.4 Å². The number of nitrogens with zero attached hydrogens (tertiary/aromatic N) is 2. The lowest BCUT2D eigenvalue weighted by Crippen LogP contribution is -2.25. The zero-order valence-electron chi connectivity index (χ0n) is 9.94. The fourth-order valence-electron chi connectivity index (χ4n) is 2.26. The third-order valence-electron chi connectivity index (χ3n) is 3.11. The highest BCUT2D eigenvalue weighted by Gasteiger charge is 2.17. The Morgan fingerprint density at radius 3 is 2.94 bits per heavy atom. The highest BCUT2D eigenvalue weighted by molar-refractivity contribution is 5.78. The molecule has 0 atom stereocenters. The van der Waals surface area contributed by atoms with Crippen LogP contribution in [-0.4, -0.2) is 16.5 Å². The Kier molecular flexibility index (Phi) is 2.84. The van der Waals surface area contributed by atoms with E-state index in [9.17, 15) is 4.39 Å². The number of hydrogen-bond donors (Lipinski definition) is 1. The predicted molar refractivity (Wildman–Crippen MR) is 69.5 cm³/mol. The molecule has 92 valence electrons. The topological polar surface area (TPSA) is 31.9 Å². The van der Waals surface area contributed by atoms with Crippen LogP contribution in [0, 0.1) is 5.95 Å². The van der Waals surface area contributed by atoms with E-state index in [0.717, 1.165) is 36.5 Å².